The van der Waals surface area contributed by atoms with Crippen LogP contribution in [-0.4, -0.2) is 29.8 Å². The molecule has 2 rings (SSSR count). The Morgan fingerprint density at radius 1 is 1.30 bits per heavy atom. The molecule has 0 spiro atoms. The molecule has 0 fully saturated rings. The lowest BCUT2D eigenvalue weighted by Crippen LogP contribution is -2.12. The molecule has 106 valence electrons. The molecule has 0 aliphatic carbocycles. The number of anilines is 2. The van der Waals surface area contributed by atoms with Gasteiger partial charge in [-0.1, -0.05) is 0 Å². The van der Waals surface area contributed by atoms with Crippen LogP contribution in [0.15, 0.2) is 36.7 Å². The summed E-state index contributed by atoms with van der Waals surface area (Å²) < 4.78 is 25.2. The number of halogens is 2. The number of benzene rings is 1. The molecule has 0 radical (unpaired) electrons. The fourth-order valence-corrected chi connectivity index (χ4v) is 1.62. The number of hydrogen-bond donors (Lipinski definition) is 1. The number of aromatic nitrogens is 2. The van der Waals surface area contributed by atoms with E-state index in [-0.39, 0.29) is 11.6 Å². The summed E-state index contributed by atoms with van der Waals surface area (Å²) in [6.45, 7) is -2.72. The first-order valence-corrected chi connectivity index (χ1v) is 5.88. The molecule has 5 nitrogen and oxygen atoms in total. The van der Waals surface area contributed by atoms with E-state index in [0.717, 1.165) is 11.9 Å². The first-order valence-electron chi connectivity index (χ1n) is 5.88. The van der Waals surface area contributed by atoms with Crippen LogP contribution >= 0.6 is 0 Å². The van der Waals surface area contributed by atoms with Crippen molar-refractivity contribution in [1.82, 2.24) is 9.78 Å². The van der Waals surface area contributed by atoms with Crippen LogP contribution in [0.25, 0.3) is 0 Å². The average molecular weight is 280 g/mol. The zero-order valence-electron chi connectivity index (χ0n) is 11.0. The Hall–Kier alpha value is -2.44. The molecular formula is C13H14F2N4O. The smallest absolute Gasteiger partial charge is 0.333 e. The molecule has 1 amide bonds. The van der Waals surface area contributed by atoms with Crippen LogP contribution < -0.4 is 10.2 Å². The van der Waals surface area contributed by atoms with E-state index < -0.39 is 6.55 Å². The van der Waals surface area contributed by atoms with E-state index in [9.17, 15) is 13.6 Å². The van der Waals surface area contributed by atoms with Gasteiger partial charge in [0.1, 0.15) is 0 Å². The second-order valence-corrected chi connectivity index (χ2v) is 4.38. The van der Waals surface area contributed by atoms with E-state index in [4.69, 9.17) is 0 Å². The van der Waals surface area contributed by atoms with Crippen LogP contribution in [0.5, 0.6) is 0 Å². The zero-order chi connectivity index (χ0) is 14.7. The van der Waals surface area contributed by atoms with Crippen molar-refractivity contribution in [2.75, 3.05) is 24.3 Å². The molecule has 0 aliphatic rings. The predicted octanol–water partition coefficient (Wildman–Crippen LogP) is 2.60. The second kappa shape index (κ2) is 5.68. The Morgan fingerprint density at radius 3 is 2.45 bits per heavy atom. The van der Waals surface area contributed by atoms with Gasteiger partial charge < -0.3 is 10.2 Å². The molecule has 1 N–H and O–H groups in total. The average Bonchev–Trinajstić information content (AvgIpc) is 2.87. The monoisotopic (exact) mass is 280 g/mol. The van der Waals surface area contributed by atoms with Crippen LogP contribution in [0.2, 0.25) is 0 Å². The molecule has 0 aliphatic heterocycles. The van der Waals surface area contributed by atoms with Crippen LogP contribution in [-0.2, 0) is 0 Å². The highest BCUT2D eigenvalue weighted by atomic mass is 19.3. The third-order valence-corrected chi connectivity index (χ3v) is 2.71. The molecule has 0 saturated heterocycles. The number of nitrogens with one attached hydrogen (secondary N) is 1. The van der Waals surface area contributed by atoms with Crippen molar-refractivity contribution in [3.63, 3.8) is 0 Å². The lowest BCUT2D eigenvalue weighted by molar-refractivity contribution is 0.0566. The summed E-state index contributed by atoms with van der Waals surface area (Å²) in [6, 6.07) is 6.94. The topological polar surface area (TPSA) is 50.2 Å². The summed E-state index contributed by atoms with van der Waals surface area (Å²) >= 11 is 0. The maximum absolute atomic E-state index is 12.3. The van der Waals surface area contributed by atoms with Crippen LogP contribution in [0, 0.1) is 0 Å². The highest BCUT2D eigenvalue weighted by Crippen LogP contribution is 2.16. The standard InChI is InChI=1S/C13H14F2N4O/c1-18(2)11-5-3-9(4-6-11)12(20)17-10-7-16-19(8-10)13(14)15/h3-8,13H,1-2H3,(H,17,20). The quantitative estimate of drug-likeness (QED) is 0.936. The summed E-state index contributed by atoms with van der Waals surface area (Å²) in [7, 11) is 3.79. The molecule has 7 heteroatoms. The van der Waals surface area contributed by atoms with Gasteiger partial charge in [-0.2, -0.15) is 13.9 Å². The Labute approximate surface area is 114 Å². The van der Waals surface area contributed by atoms with E-state index in [1.807, 2.05) is 19.0 Å². The summed E-state index contributed by atoms with van der Waals surface area (Å²) in [6.07, 6.45) is 2.26. The normalized spacial score (nSPS) is 10.7. The number of hydrogen-bond acceptors (Lipinski definition) is 3. The fraction of sp³-hybridized carbons (Fsp3) is 0.231. The van der Waals surface area contributed by atoms with Gasteiger partial charge in [-0.25, -0.2) is 4.68 Å². The van der Waals surface area contributed by atoms with Crippen molar-refractivity contribution >= 4 is 17.3 Å². The molecular weight excluding hydrogens is 266 g/mol. The largest absolute Gasteiger partial charge is 0.378 e. The van der Waals surface area contributed by atoms with Gasteiger partial charge >= 0.3 is 6.55 Å². The van der Waals surface area contributed by atoms with Gasteiger partial charge in [0.2, 0.25) is 0 Å². The first-order chi connectivity index (χ1) is 9.47. The maximum Gasteiger partial charge on any atom is 0.333 e. The lowest BCUT2D eigenvalue weighted by Gasteiger charge is -2.12. The number of nitrogens with zero attached hydrogens (tertiary/aromatic N) is 3. The summed E-state index contributed by atoms with van der Waals surface area (Å²) in [4.78, 5) is 13.8. The van der Waals surface area contributed by atoms with Gasteiger partial charge in [0.25, 0.3) is 5.91 Å². The predicted molar refractivity (Wildman–Crippen MR) is 72.2 cm³/mol. The van der Waals surface area contributed by atoms with Gasteiger partial charge in [0.05, 0.1) is 18.1 Å². The Balaban J connectivity index is 2.07. The molecule has 1 aromatic heterocycles. The maximum atomic E-state index is 12.3. The number of rotatable bonds is 4. The third-order valence-electron chi connectivity index (χ3n) is 2.71. The zero-order valence-corrected chi connectivity index (χ0v) is 11.0. The number of amides is 1. The van der Waals surface area contributed by atoms with E-state index in [2.05, 4.69) is 10.4 Å². The highest BCUT2D eigenvalue weighted by molar-refractivity contribution is 6.04. The number of alkyl halides is 2. The molecule has 0 atom stereocenters. The van der Waals surface area contributed by atoms with Crippen LogP contribution in [0.3, 0.4) is 0 Å². The lowest BCUT2D eigenvalue weighted by atomic mass is 10.2. The van der Waals surface area contributed by atoms with Crippen LogP contribution in [0.4, 0.5) is 20.2 Å². The van der Waals surface area contributed by atoms with Crippen molar-refractivity contribution in [2.45, 2.75) is 6.55 Å². The van der Waals surface area contributed by atoms with E-state index in [1.165, 1.54) is 6.20 Å². The second-order valence-electron chi connectivity index (χ2n) is 4.38. The van der Waals surface area contributed by atoms with Crippen LogP contribution in [0.1, 0.15) is 16.9 Å². The van der Waals surface area contributed by atoms with E-state index in [0.29, 0.717) is 10.2 Å². The SMILES string of the molecule is CN(C)c1ccc(C(=O)Nc2cnn(C(F)F)c2)cc1. The molecule has 0 saturated carbocycles. The third kappa shape index (κ3) is 3.11. The summed E-state index contributed by atoms with van der Waals surface area (Å²) in [5, 5.41) is 5.96. The highest BCUT2D eigenvalue weighted by Gasteiger charge is 2.11. The molecule has 0 unspecified atom stereocenters. The van der Waals surface area contributed by atoms with Crippen molar-refractivity contribution in [3.8, 4) is 0 Å². The first kappa shape index (κ1) is 14.0. The Morgan fingerprint density at radius 2 is 1.95 bits per heavy atom. The van der Waals surface area contributed by atoms with Crippen molar-refractivity contribution in [2.24, 2.45) is 0 Å². The molecule has 0 bridgehead atoms. The van der Waals surface area contributed by atoms with Gasteiger partial charge in [0.15, 0.2) is 0 Å². The number of carbonyl (C=O) groups excluding carboxylic acids is 1. The fourth-order valence-electron chi connectivity index (χ4n) is 1.62. The molecule has 20 heavy (non-hydrogen) atoms. The number of carbonyl (C=O) groups is 1. The molecule has 1 heterocycles. The van der Waals surface area contributed by atoms with Gasteiger partial charge in [-0.15, -0.1) is 0 Å². The van der Waals surface area contributed by atoms with Crippen molar-refractivity contribution in [1.29, 1.82) is 0 Å². The minimum absolute atomic E-state index is 0.229. The van der Waals surface area contributed by atoms with Gasteiger partial charge in [-0.05, 0) is 24.3 Å². The molecule has 1 aromatic carbocycles. The van der Waals surface area contributed by atoms with Crippen molar-refractivity contribution < 1.29 is 13.6 Å². The minimum Gasteiger partial charge on any atom is -0.378 e. The van der Waals surface area contributed by atoms with Gasteiger partial charge in [-0.3, -0.25) is 4.79 Å². The Kier molecular flexibility index (Phi) is 3.97. The minimum atomic E-state index is -2.72. The summed E-state index contributed by atoms with van der Waals surface area (Å²) in [5.74, 6) is -0.371. The van der Waals surface area contributed by atoms with Gasteiger partial charge in [0, 0.05) is 25.3 Å². The van der Waals surface area contributed by atoms with Crippen molar-refractivity contribution in [3.05, 3.63) is 42.2 Å². The van der Waals surface area contributed by atoms with E-state index >= 15 is 0 Å². The summed E-state index contributed by atoms with van der Waals surface area (Å²) in [5.41, 5.74) is 1.64. The Bertz CT molecular complexity index is 593. The molecule has 2 aromatic rings. The van der Waals surface area contributed by atoms with E-state index in [1.54, 1.807) is 24.3 Å².